The van der Waals surface area contributed by atoms with E-state index in [4.69, 9.17) is 4.98 Å². The second-order valence-electron chi connectivity index (χ2n) is 6.74. The third kappa shape index (κ3) is 2.97. The van der Waals surface area contributed by atoms with Gasteiger partial charge in [-0.1, -0.05) is 35.9 Å². The first-order valence-electron chi connectivity index (χ1n) is 8.65. The first-order valence-corrected chi connectivity index (χ1v) is 9.53. The molecule has 0 spiro atoms. The molecule has 3 nitrogen and oxygen atoms in total. The summed E-state index contributed by atoms with van der Waals surface area (Å²) in [6.07, 6.45) is 2.40. The Morgan fingerprint density at radius 1 is 1.00 bits per heavy atom. The zero-order valence-electron chi connectivity index (χ0n) is 15.1. The van der Waals surface area contributed by atoms with Crippen molar-refractivity contribution in [2.45, 2.75) is 27.2 Å². The molecule has 0 fully saturated rings. The van der Waals surface area contributed by atoms with Crippen molar-refractivity contribution in [2.75, 3.05) is 0 Å². The highest BCUT2D eigenvalue weighted by Crippen LogP contribution is 2.27. The average Bonchev–Trinajstić information content (AvgIpc) is 3.20. The highest BCUT2D eigenvalue weighted by molar-refractivity contribution is 7.12. The predicted octanol–water partition coefficient (Wildman–Crippen LogP) is 5.41. The lowest BCUT2D eigenvalue weighted by atomic mass is 10.0. The number of carbonyl (C=O) groups excluding carboxylic acids is 1. The van der Waals surface area contributed by atoms with Gasteiger partial charge in [0.15, 0.2) is 5.78 Å². The number of hydrogen-bond acceptors (Lipinski definition) is 3. The minimum Gasteiger partial charge on any atom is -0.303 e. The van der Waals surface area contributed by atoms with Crippen molar-refractivity contribution in [3.8, 4) is 11.3 Å². The van der Waals surface area contributed by atoms with Crippen molar-refractivity contribution >= 4 is 22.8 Å². The van der Waals surface area contributed by atoms with E-state index in [9.17, 15) is 4.79 Å². The van der Waals surface area contributed by atoms with Crippen LogP contribution in [0.5, 0.6) is 0 Å². The maximum atomic E-state index is 12.9. The molecule has 0 aliphatic rings. The quantitative estimate of drug-likeness (QED) is 0.456. The number of aromatic nitrogens is 2. The van der Waals surface area contributed by atoms with Gasteiger partial charge in [-0.25, -0.2) is 4.98 Å². The second kappa shape index (κ2) is 6.54. The number of fused-ring (bicyclic) bond motifs is 1. The summed E-state index contributed by atoms with van der Waals surface area (Å²) in [5.41, 5.74) is 7.15. The van der Waals surface area contributed by atoms with Gasteiger partial charge in [0.25, 0.3) is 0 Å². The molecular formula is C22H20N2OS. The molecule has 0 amide bonds. The van der Waals surface area contributed by atoms with Crippen LogP contribution in [0.1, 0.15) is 32.1 Å². The van der Waals surface area contributed by atoms with Crippen molar-refractivity contribution in [1.29, 1.82) is 0 Å². The molecule has 0 radical (unpaired) electrons. The summed E-state index contributed by atoms with van der Waals surface area (Å²) in [6, 6.07) is 14.4. The minimum atomic E-state index is 0.147. The summed E-state index contributed by atoms with van der Waals surface area (Å²) in [5.74, 6) is 0.147. The number of nitrogens with zero attached hydrogens (tertiary/aromatic N) is 2. The summed E-state index contributed by atoms with van der Waals surface area (Å²) in [7, 11) is 0. The van der Waals surface area contributed by atoms with Crippen LogP contribution in [0.4, 0.5) is 0 Å². The second-order valence-corrected chi connectivity index (χ2v) is 7.66. The number of thiophene rings is 1. The summed E-state index contributed by atoms with van der Waals surface area (Å²) in [6.45, 7) is 6.12. The topological polar surface area (TPSA) is 34.4 Å². The van der Waals surface area contributed by atoms with Crippen molar-refractivity contribution in [3.05, 3.63) is 81.3 Å². The van der Waals surface area contributed by atoms with Gasteiger partial charge >= 0.3 is 0 Å². The minimum absolute atomic E-state index is 0.147. The van der Waals surface area contributed by atoms with Crippen LogP contribution in [0.15, 0.2) is 54.0 Å². The lowest BCUT2D eigenvalue weighted by Gasteiger charge is -2.06. The molecule has 130 valence electrons. The van der Waals surface area contributed by atoms with Gasteiger partial charge in [-0.2, -0.15) is 0 Å². The number of Topliss-reactive ketones (excluding diaryl/α,β-unsaturated/α-hetero) is 1. The number of carbonyl (C=O) groups is 1. The monoisotopic (exact) mass is 360 g/mol. The number of hydrogen-bond donors (Lipinski definition) is 0. The molecule has 0 unspecified atom stereocenters. The molecule has 0 saturated carbocycles. The third-order valence-corrected chi connectivity index (χ3v) is 5.69. The Morgan fingerprint density at radius 2 is 1.73 bits per heavy atom. The van der Waals surface area contributed by atoms with Crippen molar-refractivity contribution < 1.29 is 4.79 Å². The number of rotatable bonds is 4. The van der Waals surface area contributed by atoms with E-state index in [1.54, 1.807) is 0 Å². The van der Waals surface area contributed by atoms with Crippen molar-refractivity contribution in [1.82, 2.24) is 9.38 Å². The van der Waals surface area contributed by atoms with Crippen LogP contribution in [0.25, 0.3) is 16.9 Å². The Kier molecular flexibility index (Phi) is 4.21. The van der Waals surface area contributed by atoms with E-state index >= 15 is 0 Å². The molecule has 0 aliphatic heterocycles. The van der Waals surface area contributed by atoms with E-state index < -0.39 is 0 Å². The van der Waals surface area contributed by atoms with Crippen LogP contribution >= 0.6 is 11.3 Å². The van der Waals surface area contributed by atoms with Gasteiger partial charge in [0, 0.05) is 11.8 Å². The van der Waals surface area contributed by atoms with Crippen molar-refractivity contribution in [3.63, 3.8) is 0 Å². The Hall–Kier alpha value is -2.72. The lowest BCUT2D eigenvalue weighted by molar-refractivity contribution is 0.0995. The highest BCUT2D eigenvalue weighted by atomic mass is 32.1. The lowest BCUT2D eigenvalue weighted by Crippen LogP contribution is -2.06. The predicted molar refractivity (Wildman–Crippen MR) is 107 cm³/mol. The molecule has 4 rings (SSSR count). The van der Waals surface area contributed by atoms with E-state index in [0.29, 0.717) is 6.42 Å². The molecule has 0 aliphatic carbocycles. The Morgan fingerprint density at radius 3 is 2.42 bits per heavy atom. The number of imidazole rings is 1. The smallest absolute Gasteiger partial charge is 0.179 e. The first kappa shape index (κ1) is 16.7. The van der Waals surface area contributed by atoms with Gasteiger partial charge in [-0.05, 0) is 49.4 Å². The van der Waals surface area contributed by atoms with Crippen molar-refractivity contribution in [2.24, 2.45) is 0 Å². The standard InChI is InChI=1S/C22H20N2OS/c1-14-4-7-17(8-5-14)21-18(12-19(25)22-16(3)10-11-26-22)24-13-15(2)6-9-20(24)23-21/h4-11,13H,12H2,1-3H3. The molecule has 3 heterocycles. The molecule has 4 heteroatoms. The first-order chi connectivity index (χ1) is 12.5. The maximum absolute atomic E-state index is 12.9. The Labute approximate surface area is 157 Å². The van der Waals surface area contributed by atoms with Crippen LogP contribution in [0, 0.1) is 20.8 Å². The molecular weight excluding hydrogens is 340 g/mol. The average molecular weight is 360 g/mol. The number of pyridine rings is 1. The number of benzene rings is 1. The van der Waals surface area contributed by atoms with Crippen LogP contribution < -0.4 is 0 Å². The van der Waals surface area contributed by atoms with Gasteiger partial charge in [0.05, 0.1) is 22.7 Å². The fourth-order valence-electron chi connectivity index (χ4n) is 3.20. The molecule has 0 bridgehead atoms. The SMILES string of the molecule is Cc1ccc(-c2nc3ccc(C)cn3c2CC(=O)c2sccc2C)cc1. The summed E-state index contributed by atoms with van der Waals surface area (Å²) >= 11 is 1.51. The largest absolute Gasteiger partial charge is 0.303 e. The van der Waals surface area contributed by atoms with E-state index in [1.165, 1.54) is 16.9 Å². The fraction of sp³-hybridized carbons (Fsp3) is 0.182. The maximum Gasteiger partial charge on any atom is 0.179 e. The molecule has 4 aromatic rings. The van der Waals surface area contributed by atoms with E-state index in [2.05, 4.69) is 54.8 Å². The number of ketones is 1. The summed E-state index contributed by atoms with van der Waals surface area (Å²) in [5, 5.41) is 1.97. The van der Waals surface area contributed by atoms with Crippen LogP contribution in [0.2, 0.25) is 0 Å². The van der Waals surface area contributed by atoms with E-state index in [0.717, 1.165) is 38.6 Å². The van der Waals surface area contributed by atoms with E-state index in [1.807, 2.05) is 24.4 Å². The van der Waals surface area contributed by atoms with Gasteiger partial charge < -0.3 is 4.40 Å². The third-order valence-electron chi connectivity index (χ3n) is 4.63. The van der Waals surface area contributed by atoms with Crippen LogP contribution in [0.3, 0.4) is 0 Å². The van der Waals surface area contributed by atoms with E-state index in [-0.39, 0.29) is 5.78 Å². The fourth-order valence-corrected chi connectivity index (χ4v) is 4.07. The molecule has 0 saturated heterocycles. The molecule has 1 aromatic carbocycles. The molecule has 3 aromatic heterocycles. The van der Waals surface area contributed by atoms with Gasteiger partial charge in [0.2, 0.25) is 0 Å². The normalized spacial score (nSPS) is 11.2. The highest BCUT2D eigenvalue weighted by Gasteiger charge is 2.19. The Balaban J connectivity index is 1.86. The molecule has 0 N–H and O–H groups in total. The molecule has 0 atom stereocenters. The van der Waals surface area contributed by atoms with Crippen LogP contribution in [-0.2, 0) is 6.42 Å². The zero-order chi connectivity index (χ0) is 18.3. The van der Waals surface area contributed by atoms with Gasteiger partial charge in [-0.15, -0.1) is 11.3 Å². The Bertz CT molecular complexity index is 1100. The zero-order valence-corrected chi connectivity index (χ0v) is 15.9. The van der Waals surface area contributed by atoms with Gasteiger partial charge in [-0.3, -0.25) is 4.79 Å². The van der Waals surface area contributed by atoms with Gasteiger partial charge in [0.1, 0.15) is 5.65 Å². The van der Waals surface area contributed by atoms with Crippen LogP contribution in [-0.4, -0.2) is 15.2 Å². The number of aryl methyl sites for hydroxylation is 3. The summed E-state index contributed by atoms with van der Waals surface area (Å²) < 4.78 is 2.06. The molecule has 26 heavy (non-hydrogen) atoms. The summed E-state index contributed by atoms with van der Waals surface area (Å²) in [4.78, 5) is 18.6.